The zero-order valence-electron chi connectivity index (χ0n) is 15.8. The number of nitrogens with zero attached hydrogens (tertiary/aromatic N) is 2. The summed E-state index contributed by atoms with van der Waals surface area (Å²) in [6.07, 6.45) is 4.62. The first-order valence-corrected chi connectivity index (χ1v) is 9.62. The molecule has 2 aromatic heterocycles. The predicted molar refractivity (Wildman–Crippen MR) is 110 cm³/mol. The van der Waals surface area contributed by atoms with Crippen LogP contribution in [0.4, 0.5) is 5.82 Å². The Morgan fingerprint density at radius 2 is 2.11 bits per heavy atom. The molecule has 0 unspecified atom stereocenters. The highest BCUT2D eigenvalue weighted by molar-refractivity contribution is 6.01. The quantitative estimate of drug-likeness (QED) is 0.571. The molecular weight excluding hydrogens is 354 g/mol. The van der Waals surface area contributed by atoms with Crippen molar-refractivity contribution in [3.63, 3.8) is 0 Å². The van der Waals surface area contributed by atoms with Gasteiger partial charge in [-0.1, -0.05) is 6.07 Å². The molecule has 0 spiro atoms. The molecule has 3 heterocycles. The third-order valence-electron chi connectivity index (χ3n) is 5.08. The molecule has 7 nitrogen and oxygen atoms in total. The zero-order valence-corrected chi connectivity index (χ0v) is 15.8. The minimum absolute atomic E-state index is 0.0471. The number of rotatable bonds is 6. The molecule has 1 aromatic carbocycles. The Morgan fingerprint density at radius 3 is 2.89 bits per heavy atom. The van der Waals surface area contributed by atoms with Gasteiger partial charge in [0.1, 0.15) is 5.82 Å². The first kappa shape index (κ1) is 18.5. The number of pyridine rings is 1. The molecule has 1 aliphatic rings. The number of carbonyl (C=O) groups is 1. The van der Waals surface area contributed by atoms with Crippen LogP contribution in [0.15, 0.2) is 42.7 Å². The molecule has 0 saturated carbocycles. The number of nitrogens with one attached hydrogen (secondary N) is 2. The Labute approximate surface area is 163 Å². The number of H-pyrrole nitrogens is 1. The van der Waals surface area contributed by atoms with E-state index in [1.165, 1.54) is 0 Å². The van der Waals surface area contributed by atoms with Gasteiger partial charge in [0.05, 0.1) is 13.2 Å². The lowest BCUT2D eigenvalue weighted by molar-refractivity contribution is 0.0374. The number of aromatic nitrogens is 2. The van der Waals surface area contributed by atoms with E-state index in [1.807, 2.05) is 30.5 Å². The molecule has 28 heavy (non-hydrogen) atoms. The van der Waals surface area contributed by atoms with Crippen LogP contribution in [0.5, 0.6) is 0 Å². The van der Waals surface area contributed by atoms with E-state index < -0.39 is 0 Å². The molecule has 0 aliphatic carbocycles. The Hall–Kier alpha value is -2.90. The second-order valence-corrected chi connectivity index (χ2v) is 7.00. The van der Waals surface area contributed by atoms with Crippen LogP contribution in [0.1, 0.15) is 16.8 Å². The fourth-order valence-corrected chi connectivity index (χ4v) is 3.50. The average Bonchev–Trinajstić information content (AvgIpc) is 3.15. The Balaban J connectivity index is 1.37. The van der Waals surface area contributed by atoms with Gasteiger partial charge in [-0.3, -0.25) is 9.69 Å². The van der Waals surface area contributed by atoms with E-state index in [2.05, 4.69) is 20.2 Å². The van der Waals surface area contributed by atoms with Crippen LogP contribution in [-0.4, -0.2) is 60.2 Å². The SMILES string of the molecule is Nc1ccc(-c2c[nH]c3cc(C(=O)NCCCN4CCOCC4)ccc23)cn1. The first-order chi connectivity index (χ1) is 13.7. The van der Waals surface area contributed by atoms with Gasteiger partial charge in [0, 0.05) is 59.6 Å². The topological polar surface area (TPSA) is 96.3 Å². The molecule has 3 aromatic rings. The molecule has 1 amide bonds. The van der Waals surface area contributed by atoms with E-state index in [9.17, 15) is 4.79 Å². The van der Waals surface area contributed by atoms with E-state index in [0.717, 1.165) is 61.3 Å². The minimum atomic E-state index is -0.0471. The fraction of sp³-hybridized carbons (Fsp3) is 0.333. The van der Waals surface area contributed by atoms with Gasteiger partial charge in [0.15, 0.2) is 0 Å². The van der Waals surface area contributed by atoms with Gasteiger partial charge in [0.2, 0.25) is 0 Å². The number of ether oxygens (including phenoxy) is 1. The van der Waals surface area contributed by atoms with Gasteiger partial charge < -0.3 is 20.8 Å². The lowest BCUT2D eigenvalue weighted by Crippen LogP contribution is -2.38. The first-order valence-electron chi connectivity index (χ1n) is 9.62. The van der Waals surface area contributed by atoms with Crippen LogP contribution in [0, 0.1) is 0 Å². The summed E-state index contributed by atoms with van der Waals surface area (Å²) in [6, 6.07) is 9.45. The number of benzene rings is 1. The summed E-state index contributed by atoms with van der Waals surface area (Å²) in [5.74, 6) is 0.449. The number of anilines is 1. The van der Waals surface area contributed by atoms with E-state index in [4.69, 9.17) is 10.5 Å². The van der Waals surface area contributed by atoms with Gasteiger partial charge in [-0.15, -0.1) is 0 Å². The molecule has 4 N–H and O–H groups in total. The van der Waals surface area contributed by atoms with Crippen LogP contribution in [-0.2, 0) is 4.74 Å². The van der Waals surface area contributed by atoms with Gasteiger partial charge in [0.25, 0.3) is 5.91 Å². The highest BCUT2D eigenvalue weighted by Crippen LogP contribution is 2.29. The van der Waals surface area contributed by atoms with Gasteiger partial charge in [-0.2, -0.15) is 0 Å². The molecule has 0 atom stereocenters. The van der Waals surface area contributed by atoms with Crippen molar-refractivity contribution in [3.05, 3.63) is 48.3 Å². The molecule has 0 radical (unpaired) electrons. The Bertz CT molecular complexity index is 945. The second kappa shape index (κ2) is 8.41. The molecule has 1 saturated heterocycles. The van der Waals surface area contributed by atoms with Crippen LogP contribution < -0.4 is 11.1 Å². The number of hydrogen-bond donors (Lipinski definition) is 3. The molecule has 1 aliphatic heterocycles. The third-order valence-corrected chi connectivity index (χ3v) is 5.08. The number of nitrogens with two attached hydrogens (primary N) is 1. The van der Waals surface area contributed by atoms with E-state index in [0.29, 0.717) is 17.9 Å². The second-order valence-electron chi connectivity index (χ2n) is 7.00. The van der Waals surface area contributed by atoms with Crippen LogP contribution >= 0.6 is 0 Å². The van der Waals surface area contributed by atoms with Crippen LogP contribution in [0.3, 0.4) is 0 Å². The van der Waals surface area contributed by atoms with E-state index in [-0.39, 0.29) is 5.91 Å². The summed E-state index contributed by atoms with van der Waals surface area (Å²) < 4.78 is 5.35. The summed E-state index contributed by atoms with van der Waals surface area (Å²) in [5, 5.41) is 4.06. The van der Waals surface area contributed by atoms with Gasteiger partial charge >= 0.3 is 0 Å². The van der Waals surface area contributed by atoms with Crippen molar-refractivity contribution in [2.75, 3.05) is 45.1 Å². The highest BCUT2D eigenvalue weighted by atomic mass is 16.5. The van der Waals surface area contributed by atoms with Crippen LogP contribution in [0.25, 0.3) is 22.0 Å². The summed E-state index contributed by atoms with van der Waals surface area (Å²) in [7, 11) is 0. The maximum atomic E-state index is 12.5. The third kappa shape index (κ3) is 4.16. The molecule has 146 valence electrons. The van der Waals surface area contributed by atoms with Crippen molar-refractivity contribution in [1.29, 1.82) is 0 Å². The number of morpholine rings is 1. The largest absolute Gasteiger partial charge is 0.384 e. The molecule has 4 rings (SSSR count). The van der Waals surface area contributed by atoms with Crippen molar-refractivity contribution < 1.29 is 9.53 Å². The fourth-order valence-electron chi connectivity index (χ4n) is 3.50. The van der Waals surface area contributed by atoms with Crippen molar-refractivity contribution >= 4 is 22.6 Å². The monoisotopic (exact) mass is 379 g/mol. The normalized spacial score (nSPS) is 15.0. The maximum absolute atomic E-state index is 12.5. The molecule has 0 bridgehead atoms. The minimum Gasteiger partial charge on any atom is -0.384 e. The molecule has 7 heteroatoms. The van der Waals surface area contributed by atoms with Gasteiger partial charge in [-0.25, -0.2) is 4.98 Å². The van der Waals surface area contributed by atoms with Crippen molar-refractivity contribution in [2.45, 2.75) is 6.42 Å². The van der Waals surface area contributed by atoms with E-state index in [1.54, 1.807) is 12.3 Å². The van der Waals surface area contributed by atoms with Gasteiger partial charge in [-0.05, 0) is 37.2 Å². The number of fused-ring (bicyclic) bond motifs is 1. The Kier molecular flexibility index (Phi) is 5.55. The summed E-state index contributed by atoms with van der Waals surface area (Å²) in [5.41, 5.74) is 9.27. The predicted octanol–water partition coefficient (Wildman–Crippen LogP) is 2.26. The number of amides is 1. The number of carbonyl (C=O) groups excluding carboxylic acids is 1. The van der Waals surface area contributed by atoms with Crippen molar-refractivity contribution in [3.8, 4) is 11.1 Å². The highest BCUT2D eigenvalue weighted by Gasteiger charge is 2.12. The number of nitrogen functional groups attached to an aromatic ring is 1. The van der Waals surface area contributed by atoms with Crippen molar-refractivity contribution in [1.82, 2.24) is 20.2 Å². The van der Waals surface area contributed by atoms with E-state index >= 15 is 0 Å². The van der Waals surface area contributed by atoms with Crippen LogP contribution in [0.2, 0.25) is 0 Å². The molecular formula is C21H25N5O2. The average molecular weight is 379 g/mol. The zero-order chi connectivity index (χ0) is 19.3. The summed E-state index contributed by atoms with van der Waals surface area (Å²) in [4.78, 5) is 22.2. The lowest BCUT2D eigenvalue weighted by Gasteiger charge is -2.26. The maximum Gasteiger partial charge on any atom is 0.251 e. The molecule has 1 fully saturated rings. The van der Waals surface area contributed by atoms with Crippen molar-refractivity contribution in [2.24, 2.45) is 0 Å². The summed E-state index contributed by atoms with van der Waals surface area (Å²) >= 11 is 0. The number of hydrogen-bond acceptors (Lipinski definition) is 5. The standard InChI is InChI=1S/C21H25N5O2/c22-20-5-3-16(13-25-20)18-14-24-19-12-15(2-4-17(18)19)21(27)23-6-1-7-26-8-10-28-11-9-26/h2-5,12-14,24H,1,6-11H2,(H2,22,25)(H,23,27). The Morgan fingerprint density at radius 1 is 1.25 bits per heavy atom. The summed E-state index contributed by atoms with van der Waals surface area (Å²) in [6.45, 7) is 5.21. The number of aromatic amines is 1. The lowest BCUT2D eigenvalue weighted by atomic mass is 10.0. The smallest absolute Gasteiger partial charge is 0.251 e.